The van der Waals surface area contributed by atoms with Gasteiger partial charge in [-0.2, -0.15) is 0 Å². The summed E-state index contributed by atoms with van der Waals surface area (Å²) in [5, 5.41) is 8.56. The molecule has 0 aliphatic heterocycles. The predicted molar refractivity (Wildman–Crippen MR) is 34.2 cm³/mol. The van der Waals surface area contributed by atoms with Gasteiger partial charge in [-0.3, -0.25) is 4.79 Å². The molecule has 0 unspecified atom stereocenters. The van der Waals surface area contributed by atoms with Gasteiger partial charge in [0.1, 0.15) is 0 Å². The molecule has 1 fully saturated rings. The summed E-state index contributed by atoms with van der Waals surface area (Å²) >= 11 is 0. The Morgan fingerprint density at radius 1 is 1.56 bits per heavy atom. The minimum atomic E-state index is -0.688. The van der Waals surface area contributed by atoms with Gasteiger partial charge >= 0.3 is 5.97 Å². The van der Waals surface area contributed by atoms with E-state index in [-0.39, 0.29) is 12.3 Å². The number of carboxylic acids is 1. The molecule has 1 rings (SSSR count). The molecular formula is C7H12O2. The summed E-state index contributed by atoms with van der Waals surface area (Å²) in [7, 11) is 0. The summed E-state index contributed by atoms with van der Waals surface area (Å²) in [6.45, 7) is 0. The Bertz CT molecular complexity index is 128. The van der Waals surface area contributed by atoms with Gasteiger partial charge in [0.25, 0.3) is 0 Å². The predicted octanol–water partition coefficient (Wildman–Crippen LogP) is 1.65. The van der Waals surface area contributed by atoms with Crippen molar-refractivity contribution in [3.05, 3.63) is 0 Å². The van der Waals surface area contributed by atoms with Crippen molar-refractivity contribution in [2.75, 3.05) is 0 Å². The fraction of sp³-hybridized carbons (Fsp3) is 0.857. The molecule has 9 heavy (non-hydrogen) atoms. The minimum absolute atomic E-state index is 0.00407. The summed E-state index contributed by atoms with van der Waals surface area (Å²) in [5.41, 5.74) is 0. The maximum Gasteiger partial charge on any atom is 0.306 e. The average Bonchev–Trinajstić information content (AvgIpc) is 1.88. The lowest BCUT2D eigenvalue weighted by Crippen LogP contribution is -2.16. The van der Waals surface area contributed by atoms with E-state index in [4.69, 9.17) is 6.48 Å². The van der Waals surface area contributed by atoms with Crippen LogP contribution in [0.1, 0.15) is 33.5 Å². The smallest absolute Gasteiger partial charge is 0.306 e. The van der Waals surface area contributed by atoms with Gasteiger partial charge in [-0.15, -0.1) is 0 Å². The van der Waals surface area contributed by atoms with E-state index in [1.807, 2.05) is 0 Å². The molecule has 2 nitrogen and oxygen atoms in total. The van der Waals surface area contributed by atoms with Crippen LogP contribution in [0, 0.1) is 5.92 Å². The van der Waals surface area contributed by atoms with Crippen LogP contribution in [0.25, 0.3) is 0 Å². The van der Waals surface area contributed by atoms with Crippen molar-refractivity contribution >= 4 is 5.97 Å². The monoisotopic (exact) mass is 129 g/mol. The normalized spacial score (nSPS) is 37.6. The van der Waals surface area contributed by atoms with Gasteiger partial charge in [-0.25, -0.2) is 0 Å². The van der Waals surface area contributed by atoms with Crippen LogP contribution in [0.2, 0.25) is 0 Å². The minimum Gasteiger partial charge on any atom is -0.481 e. The van der Waals surface area contributed by atoms with Gasteiger partial charge in [0, 0.05) is 1.37 Å². The molecule has 0 bridgehead atoms. The van der Waals surface area contributed by atoms with Crippen LogP contribution in [0.4, 0.5) is 0 Å². The maximum atomic E-state index is 10.4. The van der Waals surface area contributed by atoms with E-state index in [1.165, 1.54) is 0 Å². The molecule has 0 radical (unpaired) electrons. The number of hydrogen-bond donors (Lipinski definition) is 1. The molecule has 0 amide bonds. The van der Waals surface area contributed by atoms with Gasteiger partial charge in [0.2, 0.25) is 0 Å². The lowest BCUT2D eigenvalue weighted by atomic mass is 9.90. The van der Waals surface area contributed by atoms with E-state index in [1.54, 1.807) is 0 Å². The van der Waals surface area contributed by atoms with Crippen molar-refractivity contribution in [1.29, 1.82) is 0 Å². The molecule has 0 spiro atoms. The Morgan fingerprint density at radius 2 is 2.11 bits per heavy atom. The Morgan fingerprint density at radius 3 is 2.56 bits per heavy atom. The van der Waals surface area contributed by atoms with E-state index in [2.05, 4.69) is 0 Å². The van der Waals surface area contributed by atoms with Crippen LogP contribution in [-0.4, -0.2) is 11.1 Å². The lowest BCUT2D eigenvalue weighted by Gasteiger charge is -2.16. The fourth-order valence-electron chi connectivity index (χ4n) is 1.17. The first kappa shape index (κ1) is 5.27. The Kier molecular flexibility index (Phi) is 1.67. The molecule has 1 N–H and O–H groups in total. The summed E-state index contributed by atoms with van der Waals surface area (Å²) < 4.78 is 7.31. The summed E-state index contributed by atoms with van der Waals surface area (Å²) in [5.74, 6) is -0.853. The SMILES string of the molecule is [2H]C1CCC(C(=O)O)CC1. The molecule has 1 saturated carbocycles. The zero-order valence-electron chi connectivity index (χ0n) is 6.34. The van der Waals surface area contributed by atoms with Gasteiger partial charge in [-0.05, 0) is 12.8 Å². The number of hydrogen-bond acceptors (Lipinski definition) is 1. The van der Waals surface area contributed by atoms with Crippen molar-refractivity contribution in [2.24, 2.45) is 5.92 Å². The summed E-state index contributed by atoms with van der Waals surface area (Å²) in [6.07, 6.45) is 2.91. The van der Waals surface area contributed by atoms with Gasteiger partial charge < -0.3 is 5.11 Å². The molecule has 1 aliphatic rings. The molecule has 2 heteroatoms. The molecule has 0 aromatic rings. The Balaban J connectivity index is 2.33. The van der Waals surface area contributed by atoms with Crippen LogP contribution in [0.15, 0.2) is 0 Å². The fourth-order valence-corrected chi connectivity index (χ4v) is 1.17. The topological polar surface area (TPSA) is 37.3 Å². The van der Waals surface area contributed by atoms with E-state index < -0.39 is 5.97 Å². The number of aliphatic carboxylic acids is 1. The molecular weight excluding hydrogens is 116 g/mol. The number of carboxylic acid groups (broad SMARTS) is 1. The standard InChI is InChI=1S/C7H12O2/c8-7(9)6-4-2-1-3-5-6/h6H,1-5H2,(H,8,9)/i1D. The highest BCUT2D eigenvalue weighted by molar-refractivity contribution is 5.69. The van der Waals surface area contributed by atoms with E-state index in [9.17, 15) is 4.79 Å². The average molecular weight is 129 g/mol. The van der Waals surface area contributed by atoms with Gasteiger partial charge in [0.05, 0.1) is 5.92 Å². The van der Waals surface area contributed by atoms with Gasteiger partial charge in [-0.1, -0.05) is 19.2 Å². The molecule has 52 valence electrons. The molecule has 1 aliphatic carbocycles. The largest absolute Gasteiger partial charge is 0.481 e. The zero-order chi connectivity index (χ0) is 7.56. The zero-order valence-corrected chi connectivity index (χ0v) is 5.34. The Hall–Kier alpha value is -0.530. The molecule has 0 aromatic heterocycles. The van der Waals surface area contributed by atoms with Crippen molar-refractivity contribution in [2.45, 2.75) is 32.1 Å². The maximum absolute atomic E-state index is 10.4. The highest BCUT2D eigenvalue weighted by Crippen LogP contribution is 2.23. The molecule has 0 atom stereocenters. The van der Waals surface area contributed by atoms with E-state index in [0.717, 1.165) is 12.8 Å². The van der Waals surface area contributed by atoms with Gasteiger partial charge in [0.15, 0.2) is 0 Å². The molecule has 0 saturated heterocycles. The third-order valence-corrected chi connectivity index (χ3v) is 1.79. The third-order valence-electron chi connectivity index (χ3n) is 1.79. The first-order chi connectivity index (χ1) is 4.70. The van der Waals surface area contributed by atoms with Crippen LogP contribution in [0.5, 0.6) is 0 Å². The summed E-state index contributed by atoms with van der Waals surface area (Å²) in [4.78, 5) is 10.4. The van der Waals surface area contributed by atoms with Crippen LogP contribution < -0.4 is 0 Å². The van der Waals surface area contributed by atoms with Crippen molar-refractivity contribution < 1.29 is 11.3 Å². The second-order valence-corrected chi connectivity index (χ2v) is 2.48. The van der Waals surface area contributed by atoms with Crippen molar-refractivity contribution in [3.8, 4) is 0 Å². The van der Waals surface area contributed by atoms with E-state index >= 15 is 0 Å². The first-order valence-corrected chi connectivity index (χ1v) is 3.35. The van der Waals surface area contributed by atoms with E-state index in [0.29, 0.717) is 12.8 Å². The van der Waals surface area contributed by atoms with Crippen molar-refractivity contribution in [3.63, 3.8) is 0 Å². The number of carbonyl (C=O) groups is 1. The van der Waals surface area contributed by atoms with Crippen LogP contribution >= 0.6 is 0 Å². The highest BCUT2D eigenvalue weighted by Gasteiger charge is 2.19. The highest BCUT2D eigenvalue weighted by atomic mass is 16.4. The first-order valence-electron chi connectivity index (χ1n) is 3.93. The molecule has 0 heterocycles. The second-order valence-electron chi connectivity index (χ2n) is 2.48. The summed E-state index contributed by atoms with van der Waals surface area (Å²) in [6, 6.07) is 0. The molecule has 0 aromatic carbocycles. The Labute approximate surface area is 56.3 Å². The third kappa shape index (κ3) is 1.70. The second kappa shape index (κ2) is 2.85. The van der Waals surface area contributed by atoms with Crippen LogP contribution in [0.3, 0.4) is 0 Å². The van der Waals surface area contributed by atoms with Crippen LogP contribution in [-0.2, 0) is 4.79 Å². The quantitative estimate of drug-likeness (QED) is 0.584. The number of rotatable bonds is 1. The van der Waals surface area contributed by atoms with Crippen molar-refractivity contribution in [1.82, 2.24) is 0 Å². The lowest BCUT2D eigenvalue weighted by molar-refractivity contribution is -0.142.